The third-order valence-electron chi connectivity index (χ3n) is 3.30. The second-order valence-electron chi connectivity index (χ2n) is 5.52. The molecule has 1 aromatic heterocycles. The number of hydrogen-bond donors (Lipinski definition) is 2. The van der Waals surface area contributed by atoms with Gasteiger partial charge in [0.2, 0.25) is 0 Å². The summed E-state index contributed by atoms with van der Waals surface area (Å²) >= 11 is 0. The molecule has 1 atom stereocenters. The molecule has 0 amide bonds. The van der Waals surface area contributed by atoms with E-state index in [1.54, 1.807) is 0 Å². The Hall–Kier alpha value is -1.03. The molecule has 18 heavy (non-hydrogen) atoms. The van der Waals surface area contributed by atoms with Crippen molar-refractivity contribution in [2.24, 2.45) is 5.92 Å². The summed E-state index contributed by atoms with van der Waals surface area (Å²) in [4.78, 5) is 0. The van der Waals surface area contributed by atoms with E-state index < -0.39 is 0 Å². The van der Waals surface area contributed by atoms with E-state index in [1.807, 2.05) is 11.6 Å². The Labute approximate surface area is 110 Å². The highest BCUT2D eigenvalue weighted by Crippen LogP contribution is 2.20. The van der Waals surface area contributed by atoms with Crippen LogP contribution in [0, 0.1) is 19.8 Å². The Morgan fingerprint density at radius 3 is 2.44 bits per heavy atom. The van der Waals surface area contributed by atoms with E-state index in [-0.39, 0.29) is 6.61 Å². The van der Waals surface area contributed by atoms with E-state index in [0.29, 0.717) is 12.6 Å². The number of nitrogens with one attached hydrogen (secondary N) is 1. The van der Waals surface area contributed by atoms with Crippen LogP contribution in [0.25, 0.3) is 0 Å². The summed E-state index contributed by atoms with van der Waals surface area (Å²) in [6.07, 6.45) is 2.38. The largest absolute Gasteiger partial charge is 0.394 e. The van der Waals surface area contributed by atoms with Gasteiger partial charge in [-0.3, -0.25) is 0 Å². The fraction of sp³-hybridized carbons (Fsp3) is 0.786. The van der Waals surface area contributed by atoms with E-state index in [2.05, 4.69) is 38.1 Å². The van der Waals surface area contributed by atoms with E-state index in [1.165, 1.54) is 12.0 Å². The number of aliphatic hydroxyl groups is 1. The highest BCUT2D eigenvalue weighted by molar-refractivity contribution is 5.47. The first-order valence-corrected chi connectivity index (χ1v) is 6.87. The summed E-state index contributed by atoms with van der Waals surface area (Å²) in [6, 6.07) is 0.430. The fourth-order valence-corrected chi connectivity index (χ4v) is 2.00. The third kappa shape index (κ3) is 4.02. The standard InChI is InChI=1S/C14H27N3O/c1-10(2)6-7-11(3)15-14-12(4)13(5)16-17(14)8-9-18/h10-11,15,18H,6-9H2,1-5H3. The highest BCUT2D eigenvalue weighted by Gasteiger charge is 2.13. The molecule has 1 aromatic rings. The van der Waals surface area contributed by atoms with E-state index in [9.17, 15) is 0 Å². The zero-order valence-electron chi connectivity index (χ0n) is 12.3. The van der Waals surface area contributed by atoms with Crippen LogP contribution >= 0.6 is 0 Å². The Morgan fingerprint density at radius 2 is 1.89 bits per heavy atom. The van der Waals surface area contributed by atoms with Crippen molar-refractivity contribution >= 4 is 5.82 Å². The molecule has 0 saturated carbocycles. The van der Waals surface area contributed by atoms with Gasteiger partial charge in [-0.2, -0.15) is 5.10 Å². The predicted octanol–water partition coefficient (Wildman–Crippen LogP) is 2.73. The lowest BCUT2D eigenvalue weighted by atomic mass is 10.0. The number of aliphatic hydroxyl groups excluding tert-OH is 1. The molecule has 104 valence electrons. The minimum atomic E-state index is 0.121. The predicted molar refractivity (Wildman–Crippen MR) is 75.9 cm³/mol. The number of rotatable bonds is 7. The number of hydrogen-bond acceptors (Lipinski definition) is 3. The third-order valence-corrected chi connectivity index (χ3v) is 3.30. The molecule has 1 rings (SSSR count). The van der Waals surface area contributed by atoms with Crippen LogP contribution in [0.1, 0.15) is 44.9 Å². The molecular weight excluding hydrogens is 226 g/mol. The topological polar surface area (TPSA) is 50.1 Å². The smallest absolute Gasteiger partial charge is 0.127 e. The monoisotopic (exact) mass is 253 g/mol. The van der Waals surface area contributed by atoms with Crippen LogP contribution in [-0.2, 0) is 6.54 Å². The molecule has 4 heteroatoms. The summed E-state index contributed by atoms with van der Waals surface area (Å²) in [7, 11) is 0. The Morgan fingerprint density at radius 1 is 1.22 bits per heavy atom. The van der Waals surface area contributed by atoms with Crippen LogP contribution in [-0.4, -0.2) is 27.5 Å². The van der Waals surface area contributed by atoms with Crippen LogP contribution < -0.4 is 5.32 Å². The summed E-state index contributed by atoms with van der Waals surface area (Å²) in [6.45, 7) is 11.5. The van der Waals surface area contributed by atoms with Crippen LogP contribution in [0.4, 0.5) is 5.82 Å². The molecule has 0 saturated heterocycles. The van der Waals surface area contributed by atoms with Gasteiger partial charge in [0.25, 0.3) is 0 Å². The molecule has 0 bridgehead atoms. The molecule has 0 aliphatic rings. The van der Waals surface area contributed by atoms with Gasteiger partial charge in [0.05, 0.1) is 18.8 Å². The van der Waals surface area contributed by atoms with Crippen LogP contribution in [0.5, 0.6) is 0 Å². The van der Waals surface area contributed by atoms with Crippen LogP contribution in [0.2, 0.25) is 0 Å². The summed E-state index contributed by atoms with van der Waals surface area (Å²) < 4.78 is 1.87. The first-order chi connectivity index (χ1) is 8.45. The normalized spacial score (nSPS) is 13.1. The highest BCUT2D eigenvalue weighted by atomic mass is 16.3. The van der Waals surface area contributed by atoms with Crippen molar-refractivity contribution in [3.8, 4) is 0 Å². The Kier molecular flexibility index (Phi) is 5.66. The SMILES string of the molecule is Cc1nn(CCO)c(NC(C)CCC(C)C)c1C. The van der Waals surface area contributed by atoms with Crippen LogP contribution in [0.3, 0.4) is 0 Å². The molecule has 0 aromatic carbocycles. The first-order valence-electron chi connectivity index (χ1n) is 6.87. The average molecular weight is 253 g/mol. The van der Waals surface area contributed by atoms with Gasteiger partial charge in [0.1, 0.15) is 5.82 Å². The Balaban J connectivity index is 2.70. The second kappa shape index (κ2) is 6.78. The van der Waals surface area contributed by atoms with Crippen LogP contribution in [0.15, 0.2) is 0 Å². The van der Waals surface area contributed by atoms with Gasteiger partial charge in [-0.1, -0.05) is 13.8 Å². The number of nitrogens with zero attached hydrogens (tertiary/aromatic N) is 2. The zero-order valence-corrected chi connectivity index (χ0v) is 12.3. The molecule has 0 radical (unpaired) electrons. The molecule has 0 fully saturated rings. The first kappa shape index (κ1) is 15.0. The van der Waals surface area contributed by atoms with Crippen molar-refractivity contribution in [3.05, 3.63) is 11.3 Å². The van der Waals surface area contributed by atoms with E-state index in [4.69, 9.17) is 5.11 Å². The quantitative estimate of drug-likeness (QED) is 0.785. The van der Waals surface area contributed by atoms with Crippen molar-refractivity contribution in [1.29, 1.82) is 0 Å². The molecule has 2 N–H and O–H groups in total. The van der Waals surface area contributed by atoms with Gasteiger partial charge in [-0.15, -0.1) is 0 Å². The lowest BCUT2D eigenvalue weighted by molar-refractivity contribution is 0.270. The van der Waals surface area contributed by atoms with Gasteiger partial charge >= 0.3 is 0 Å². The lowest BCUT2D eigenvalue weighted by Gasteiger charge is -2.18. The maximum absolute atomic E-state index is 9.07. The molecule has 1 unspecified atom stereocenters. The van der Waals surface area contributed by atoms with E-state index in [0.717, 1.165) is 23.9 Å². The van der Waals surface area contributed by atoms with Gasteiger partial charge in [-0.25, -0.2) is 4.68 Å². The zero-order chi connectivity index (χ0) is 13.7. The lowest BCUT2D eigenvalue weighted by Crippen LogP contribution is -2.20. The molecule has 4 nitrogen and oxygen atoms in total. The minimum absolute atomic E-state index is 0.121. The van der Waals surface area contributed by atoms with Gasteiger partial charge in [0.15, 0.2) is 0 Å². The maximum Gasteiger partial charge on any atom is 0.127 e. The average Bonchev–Trinajstić information content (AvgIpc) is 2.55. The molecule has 1 heterocycles. The van der Waals surface area contributed by atoms with Gasteiger partial charge in [-0.05, 0) is 39.5 Å². The van der Waals surface area contributed by atoms with E-state index >= 15 is 0 Å². The molecular formula is C14H27N3O. The molecule has 0 spiro atoms. The maximum atomic E-state index is 9.07. The summed E-state index contributed by atoms with van der Waals surface area (Å²) in [5.74, 6) is 1.79. The summed E-state index contributed by atoms with van der Waals surface area (Å²) in [5.41, 5.74) is 2.21. The second-order valence-corrected chi connectivity index (χ2v) is 5.52. The fourth-order valence-electron chi connectivity index (χ4n) is 2.00. The number of anilines is 1. The number of aromatic nitrogens is 2. The van der Waals surface area contributed by atoms with Gasteiger partial charge < -0.3 is 10.4 Å². The minimum Gasteiger partial charge on any atom is -0.394 e. The van der Waals surface area contributed by atoms with Gasteiger partial charge in [0, 0.05) is 11.6 Å². The van der Waals surface area contributed by atoms with Crippen molar-refractivity contribution in [1.82, 2.24) is 9.78 Å². The van der Waals surface area contributed by atoms with Crippen molar-refractivity contribution < 1.29 is 5.11 Å². The van der Waals surface area contributed by atoms with Crippen molar-refractivity contribution in [2.45, 2.75) is 60.0 Å². The molecule has 0 aliphatic carbocycles. The van der Waals surface area contributed by atoms with Crippen molar-refractivity contribution in [3.63, 3.8) is 0 Å². The molecule has 0 aliphatic heterocycles. The summed E-state index contributed by atoms with van der Waals surface area (Å²) in [5, 5.41) is 17.0. The van der Waals surface area contributed by atoms with Crippen molar-refractivity contribution in [2.75, 3.05) is 11.9 Å². The number of aryl methyl sites for hydroxylation is 1. The Bertz CT molecular complexity index is 371.